The molecule has 0 amide bonds. The van der Waals surface area contributed by atoms with Crippen LogP contribution in [0.25, 0.3) is 0 Å². The summed E-state index contributed by atoms with van der Waals surface area (Å²) in [7, 11) is 0. The number of hydrogen-bond donors (Lipinski definition) is 2. The largest absolute Gasteiger partial charge is 0.347 e. The monoisotopic (exact) mass is 267 g/mol. The van der Waals surface area contributed by atoms with E-state index < -0.39 is 0 Å². The van der Waals surface area contributed by atoms with Crippen molar-refractivity contribution in [2.45, 2.75) is 25.9 Å². The van der Waals surface area contributed by atoms with Gasteiger partial charge in [0.2, 0.25) is 0 Å². The number of nitrogens with zero attached hydrogens (tertiary/aromatic N) is 1. The molecular weight excluding hydrogens is 253 g/mol. The molecule has 2 unspecified atom stereocenters. The van der Waals surface area contributed by atoms with Crippen LogP contribution in [0.4, 0.5) is 4.39 Å². The Labute approximate surface area is 110 Å². The van der Waals surface area contributed by atoms with Crippen molar-refractivity contribution in [3.63, 3.8) is 0 Å². The van der Waals surface area contributed by atoms with E-state index in [0.717, 1.165) is 11.4 Å². The molecule has 3 nitrogen and oxygen atoms in total. The topological polar surface area (TPSA) is 40.7 Å². The van der Waals surface area contributed by atoms with E-state index in [1.165, 1.54) is 12.1 Å². The first-order valence-electron chi connectivity index (χ1n) is 5.78. The normalized spacial score (nSPS) is 14.4. The molecule has 0 aliphatic carbocycles. The molecule has 2 atom stereocenters. The van der Waals surface area contributed by atoms with Crippen LogP contribution in [0.15, 0.2) is 30.6 Å². The Kier molecular flexibility index (Phi) is 3.99. The van der Waals surface area contributed by atoms with E-state index in [1.54, 1.807) is 18.5 Å². The number of imidazole rings is 1. The molecule has 96 valence electrons. The van der Waals surface area contributed by atoms with Gasteiger partial charge in [-0.2, -0.15) is 0 Å². The molecule has 0 aliphatic heterocycles. The maximum absolute atomic E-state index is 13.0. The fraction of sp³-hybridized carbons (Fsp3) is 0.308. The summed E-state index contributed by atoms with van der Waals surface area (Å²) in [4.78, 5) is 7.24. The van der Waals surface area contributed by atoms with Gasteiger partial charge >= 0.3 is 0 Å². The van der Waals surface area contributed by atoms with Crippen LogP contribution in [0.2, 0.25) is 5.02 Å². The van der Waals surface area contributed by atoms with Crippen LogP contribution in [-0.4, -0.2) is 9.97 Å². The third kappa shape index (κ3) is 2.89. The number of nitrogens with one attached hydrogen (secondary N) is 2. The molecule has 0 bridgehead atoms. The summed E-state index contributed by atoms with van der Waals surface area (Å²) in [5.74, 6) is 0.537. The molecule has 0 saturated heterocycles. The highest BCUT2D eigenvalue weighted by Gasteiger charge is 2.15. The second-order valence-corrected chi connectivity index (χ2v) is 4.66. The quantitative estimate of drug-likeness (QED) is 0.888. The Bertz CT molecular complexity index is 513. The van der Waals surface area contributed by atoms with Crippen molar-refractivity contribution in [3.8, 4) is 0 Å². The number of halogens is 2. The predicted molar refractivity (Wildman–Crippen MR) is 70.0 cm³/mol. The highest BCUT2D eigenvalue weighted by molar-refractivity contribution is 6.31. The zero-order chi connectivity index (χ0) is 13.1. The molecule has 1 aromatic carbocycles. The fourth-order valence-electron chi connectivity index (χ4n) is 1.91. The summed E-state index contributed by atoms with van der Waals surface area (Å²) < 4.78 is 13.0. The minimum Gasteiger partial charge on any atom is -0.347 e. The second-order valence-electron chi connectivity index (χ2n) is 4.25. The summed E-state index contributed by atoms with van der Waals surface area (Å²) in [5.41, 5.74) is 0.872. The number of rotatable bonds is 4. The predicted octanol–water partition coefficient (Wildman–Crippen LogP) is 3.61. The molecular formula is C13H15ClFN3. The summed E-state index contributed by atoms with van der Waals surface area (Å²) in [6, 6.07) is 4.52. The van der Waals surface area contributed by atoms with Gasteiger partial charge < -0.3 is 10.3 Å². The van der Waals surface area contributed by atoms with Gasteiger partial charge in [-0.3, -0.25) is 0 Å². The van der Waals surface area contributed by atoms with E-state index in [2.05, 4.69) is 15.3 Å². The molecule has 0 fully saturated rings. The van der Waals surface area contributed by atoms with Gasteiger partial charge in [0.15, 0.2) is 0 Å². The molecule has 2 aromatic rings. The lowest BCUT2D eigenvalue weighted by Crippen LogP contribution is -2.23. The van der Waals surface area contributed by atoms with E-state index in [-0.39, 0.29) is 17.9 Å². The van der Waals surface area contributed by atoms with Crippen molar-refractivity contribution in [1.29, 1.82) is 0 Å². The van der Waals surface area contributed by atoms with Crippen LogP contribution in [-0.2, 0) is 0 Å². The fourth-order valence-corrected chi connectivity index (χ4v) is 2.24. The van der Waals surface area contributed by atoms with Crippen LogP contribution in [0.3, 0.4) is 0 Å². The molecule has 0 saturated carbocycles. The minimum absolute atomic E-state index is 0.0122. The molecule has 1 heterocycles. The van der Waals surface area contributed by atoms with E-state index in [0.29, 0.717) is 5.02 Å². The molecule has 1 aromatic heterocycles. The molecule has 18 heavy (non-hydrogen) atoms. The first kappa shape index (κ1) is 13.1. The molecule has 0 spiro atoms. The number of benzene rings is 1. The number of hydrogen-bond acceptors (Lipinski definition) is 2. The lowest BCUT2D eigenvalue weighted by Gasteiger charge is -2.20. The second kappa shape index (κ2) is 5.50. The maximum Gasteiger partial charge on any atom is 0.124 e. The smallest absolute Gasteiger partial charge is 0.124 e. The zero-order valence-corrected chi connectivity index (χ0v) is 11.0. The van der Waals surface area contributed by atoms with E-state index in [4.69, 9.17) is 11.6 Å². The molecule has 5 heteroatoms. The Morgan fingerprint density at radius 3 is 2.72 bits per heavy atom. The number of aromatic amines is 1. The van der Waals surface area contributed by atoms with Gasteiger partial charge in [0.05, 0.1) is 6.04 Å². The van der Waals surface area contributed by atoms with Crippen molar-refractivity contribution in [3.05, 3.63) is 52.8 Å². The van der Waals surface area contributed by atoms with Crippen LogP contribution in [0.1, 0.15) is 37.3 Å². The molecule has 0 aliphatic rings. The Morgan fingerprint density at radius 1 is 1.33 bits per heavy atom. The molecule has 2 N–H and O–H groups in total. The van der Waals surface area contributed by atoms with E-state index in [1.807, 2.05) is 13.8 Å². The lowest BCUT2D eigenvalue weighted by molar-refractivity contribution is 0.479. The Hall–Kier alpha value is -1.39. The first-order valence-corrected chi connectivity index (χ1v) is 6.16. The average Bonchev–Trinajstić information content (AvgIpc) is 2.81. The summed E-state index contributed by atoms with van der Waals surface area (Å²) in [6.45, 7) is 3.99. The van der Waals surface area contributed by atoms with Crippen LogP contribution < -0.4 is 5.32 Å². The van der Waals surface area contributed by atoms with Crippen molar-refractivity contribution < 1.29 is 4.39 Å². The van der Waals surface area contributed by atoms with E-state index in [9.17, 15) is 4.39 Å². The molecule has 2 rings (SSSR count). The Balaban J connectivity index is 2.10. The van der Waals surface area contributed by atoms with Crippen molar-refractivity contribution >= 4 is 11.6 Å². The highest BCUT2D eigenvalue weighted by Crippen LogP contribution is 2.25. The third-order valence-electron chi connectivity index (χ3n) is 2.86. The summed E-state index contributed by atoms with van der Waals surface area (Å²) in [6.07, 6.45) is 3.49. The third-order valence-corrected chi connectivity index (χ3v) is 3.19. The first-order chi connectivity index (χ1) is 8.58. The van der Waals surface area contributed by atoms with Crippen LogP contribution in [0.5, 0.6) is 0 Å². The molecule has 0 radical (unpaired) electrons. The van der Waals surface area contributed by atoms with Gasteiger partial charge in [-0.25, -0.2) is 9.37 Å². The van der Waals surface area contributed by atoms with Gasteiger partial charge in [-0.15, -0.1) is 0 Å². The lowest BCUT2D eigenvalue weighted by atomic mass is 10.1. The summed E-state index contributed by atoms with van der Waals surface area (Å²) >= 11 is 6.03. The highest BCUT2D eigenvalue weighted by atomic mass is 35.5. The van der Waals surface area contributed by atoms with Crippen LogP contribution in [0, 0.1) is 5.82 Å². The van der Waals surface area contributed by atoms with Crippen LogP contribution >= 0.6 is 11.6 Å². The number of H-pyrrole nitrogens is 1. The van der Waals surface area contributed by atoms with Crippen molar-refractivity contribution in [2.75, 3.05) is 0 Å². The minimum atomic E-state index is -0.324. The van der Waals surface area contributed by atoms with Crippen molar-refractivity contribution in [2.24, 2.45) is 0 Å². The van der Waals surface area contributed by atoms with Crippen molar-refractivity contribution in [1.82, 2.24) is 15.3 Å². The van der Waals surface area contributed by atoms with Gasteiger partial charge in [0.1, 0.15) is 11.6 Å². The van der Waals surface area contributed by atoms with Gasteiger partial charge in [0.25, 0.3) is 0 Å². The van der Waals surface area contributed by atoms with E-state index >= 15 is 0 Å². The standard InChI is InChI=1S/C13H15ClFN3/c1-8(11-4-3-10(15)7-12(11)14)18-9(2)13-16-5-6-17-13/h3-9,18H,1-2H3,(H,16,17). The van der Waals surface area contributed by atoms with Gasteiger partial charge in [-0.1, -0.05) is 17.7 Å². The maximum atomic E-state index is 13.0. The average molecular weight is 268 g/mol. The van der Waals surface area contributed by atoms with Gasteiger partial charge in [0, 0.05) is 23.5 Å². The Morgan fingerprint density at radius 2 is 2.11 bits per heavy atom. The number of aromatic nitrogens is 2. The van der Waals surface area contributed by atoms with Gasteiger partial charge in [-0.05, 0) is 31.5 Å². The zero-order valence-electron chi connectivity index (χ0n) is 10.2. The summed E-state index contributed by atoms with van der Waals surface area (Å²) in [5, 5.41) is 3.79. The SMILES string of the molecule is CC(NC(C)c1ccc(F)cc1Cl)c1ncc[nH]1.